The number of rotatable bonds is 3. The first-order valence-corrected chi connectivity index (χ1v) is 5.28. The van der Waals surface area contributed by atoms with Gasteiger partial charge >= 0.3 is 0 Å². The fourth-order valence-corrected chi connectivity index (χ4v) is 1.93. The molecule has 1 aliphatic heterocycles. The molecule has 84 valence electrons. The number of aliphatic hydroxyl groups is 1. The summed E-state index contributed by atoms with van der Waals surface area (Å²) in [6.07, 6.45) is 0.558. The van der Waals surface area contributed by atoms with Gasteiger partial charge in [-0.15, -0.1) is 0 Å². The number of hydrogen-bond acceptors (Lipinski definition) is 3. The molecule has 1 atom stereocenters. The van der Waals surface area contributed by atoms with E-state index in [9.17, 15) is 9.59 Å². The van der Waals surface area contributed by atoms with Gasteiger partial charge in [-0.1, -0.05) is 19.1 Å². The number of hydrogen-bond donors (Lipinski definition) is 1. The number of nitrogens with zero attached hydrogens (tertiary/aromatic N) is 1. The normalized spacial score (nSPS) is 16.5. The maximum absolute atomic E-state index is 12.0. The van der Waals surface area contributed by atoms with Crippen molar-refractivity contribution in [3.05, 3.63) is 35.4 Å². The van der Waals surface area contributed by atoms with E-state index in [1.165, 1.54) is 0 Å². The SMILES string of the molecule is CCC(CO)N1C(=O)c2ccccc2C1=O. The molecule has 0 saturated heterocycles. The topological polar surface area (TPSA) is 57.6 Å². The highest BCUT2D eigenvalue weighted by Gasteiger charge is 2.38. The predicted molar refractivity (Wildman–Crippen MR) is 58.1 cm³/mol. The van der Waals surface area contributed by atoms with Gasteiger partial charge in [0.15, 0.2) is 0 Å². The third-order valence-electron chi connectivity index (χ3n) is 2.87. The van der Waals surface area contributed by atoms with Gasteiger partial charge in [-0.2, -0.15) is 0 Å². The Kier molecular flexibility index (Phi) is 2.75. The highest BCUT2D eigenvalue weighted by atomic mass is 16.3. The molecule has 0 saturated carbocycles. The van der Waals surface area contributed by atoms with E-state index in [-0.39, 0.29) is 18.4 Å². The average Bonchev–Trinajstić information content (AvgIpc) is 2.57. The molecule has 0 spiro atoms. The number of fused-ring (bicyclic) bond motifs is 1. The maximum atomic E-state index is 12.0. The van der Waals surface area contributed by atoms with E-state index in [2.05, 4.69) is 0 Å². The molecule has 4 heteroatoms. The smallest absolute Gasteiger partial charge is 0.261 e. The van der Waals surface area contributed by atoms with E-state index in [1.807, 2.05) is 6.92 Å². The molecular formula is C12H13NO3. The fourth-order valence-electron chi connectivity index (χ4n) is 1.93. The zero-order chi connectivity index (χ0) is 11.7. The maximum Gasteiger partial charge on any atom is 0.261 e. The number of carbonyl (C=O) groups is 2. The molecule has 0 bridgehead atoms. The van der Waals surface area contributed by atoms with Crippen LogP contribution in [0.2, 0.25) is 0 Å². The zero-order valence-corrected chi connectivity index (χ0v) is 9.01. The predicted octanol–water partition coefficient (Wildman–Crippen LogP) is 1.05. The summed E-state index contributed by atoms with van der Waals surface area (Å²) in [5.41, 5.74) is 0.860. The quantitative estimate of drug-likeness (QED) is 0.773. The molecule has 0 aromatic heterocycles. The minimum Gasteiger partial charge on any atom is -0.394 e. The number of aliphatic hydroxyl groups excluding tert-OH is 1. The highest BCUT2D eigenvalue weighted by Crippen LogP contribution is 2.25. The second kappa shape index (κ2) is 4.06. The van der Waals surface area contributed by atoms with Crippen LogP contribution in [-0.2, 0) is 0 Å². The first-order chi connectivity index (χ1) is 7.70. The Morgan fingerprint density at radius 2 is 1.69 bits per heavy atom. The van der Waals surface area contributed by atoms with E-state index in [1.54, 1.807) is 24.3 Å². The lowest BCUT2D eigenvalue weighted by Crippen LogP contribution is -2.41. The first-order valence-electron chi connectivity index (χ1n) is 5.28. The number of imide groups is 1. The zero-order valence-electron chi connectivity index (χ0n) is 9.01. The molecule has 1 aliphatic rings. The Morgan fingerprint density at radius 1 is 1.19 bits per heavy atom. The first kappa shape index (κ1) is 10.8. The van der Waals surface area contributed by atoms with Gasteiger partial charge in [0, 0.05) is 0 Å². The van der Waals surface area contributed by atoms with Crippen molar-refractivity contribution in [2.24, 2.45) is 0 Å². The molecule has 0 aliphatic carbocycles. The number of benzene rings is 1. The minimum atomic E-state index is -0.424. The molecule has 1 aromatic carbocycles. The summed E-state index contributed by atoms with van der Waals surface area (Å²) in [6, 6.07) is 6.31. The lowest BCUT2D eigenvalue weighted by Gasteiger charge is -2.22. The summed E-state index contributed by atoms with van der Waals surface area (Å²) in [5.74, 6) is -0.608. The molecule has 4 nitrogen and oxygen atoms in total. The van der Waals surface area contributed by atoms with Gasteiger partial charge < -0.3 is 5.11 Å². The van der Waals surface area contributed by atoms with Crippen LogP contribution in [-0.4, -0.2) is 34.5 Å². The van der Waals surface area contributed by atoms with Crippen molar-refractivity contribution in [1.82, 2.24) is 4.90 Å². The van der Waals surface area contributed by atoms with Crippen LogP contribution in [0.4, 0.5) is 0 Å². The summed E-state index contributed by atoms with van der Waals surface area (Å²) in [4.78, 5) is 25.1. The van der Waals surface area contributed by atoms with Crippen LogP contribution >= 0.6 is 0 Å². The van der Waals surface area contributed by atoms with Gasteiger partial charge in [-0.3, -0.25) is 14.5 Å². The lowest BCUT2D eigenvalue weighted by molar-refractivity contribution is 0.0511. The van der Waals surface area contributed by atoms with Crippen molar-refractivity contribution in [1.29, 1.82) is 0 Å². The minimum absolute atomic E-state index is 0.192. The summed E-state index contributed by atoms with van der Waals surface area (Å²) in [6.45, 7) is 1.65. The molecule has 0 radical (unpaired) electrons. The molecule has 2 amide bonds. The van der Waals surface area contributed by atoms with Crippen LogP contribution in [0.1, 0.15) is 34.1 Å². The van der Waals surface area contributed by atoms with Crippen molar-refractivity contribution in [2.75, 3.05) is 6.61 Å². The largest absolute Gasteiger partial charge is 0.394 e. The fraction of sp³-hybridized carbons (Fsp3) is 0.333. The van der Waals surface area contributed by atoms with E-state index in [0.717, 1.165) is 4.90 Å². The molecule has 1 aromatic rings. The van der Waals surface area contributed by atoms with Crippen molar-refractivity contribution in [3.63, 3.8) is 0 Å². The Balaban J connectivity index is 2.42. The summed E-state index contributed by atoms with van der Waals surface area (Å²) >= 11 is 0. The van der Waals surface area contributed by atoms with E-state index >= 15 is 0 Å². The lowest BCUT2D eigenvalue weighted by atomic mass is 10.1. The van der Waals surface area contributed by atoms with Crippen LogP contribution in [0.15, 0.2) is 24.3 Å². The van der Waals surface area contributed by atoms with Crippen LogP contribution in [0.3, 0.4) is 0 Å². The van der Waals surface area contributed by atoms with Crippen LogP contribution < -0.4 is 0 Å². The molecule has 0 fully saturated rings. The van der Waals surface area contributed by atoms with Gasteiger partial charge in [0.25, 0.3) is 11.8 Å². The van der Waals surface area contributed by atoms with Crippen molar-refractivity contribution < 1.29 is 14.7 Å². The Morgan fingerprint density at radius 3 is 2.06 bits per heavy atom. The summed E-state index contributed by atoms with van der Waals surface area (Å²) in [5, 5.41) is 9.15. The van der Waals surface area contributed by atoms with E-state index in [0.29, 0.717) is 17.5 Å². The van der Waals surface area contributed by atoms with E-state index in [4.69, 9.17) is 5.11 Å². The molecule has 16 heavy (non-hydrogen) atoms. The van der Waals surface area contributed by atoms with Gasteiger partial charge in [0.05, 0.1) is 23.8 Å². The second-order valence-electron chi connectivity index (χ2n) is 3.77. The number of carbonyl (C=O) groups excluding carboxylic acids is 2. The van der Waals surface area contributed by atoms with Crippen molar-refractivity contribution in [3.8, 4) is 0 Å². The van der Waals surface area contributed by atoms with Crippen molar-refractivity contribution >= 4 is 11.8 Å². The summed E-state index contributed by atoms with van der Waals surface area (Å²) < 4.78 is 0. The molecule has 1 heterocycles. The van der Waals surface area contributed by atoms with Gasteiger partial charge in [-0.25, -0.2) is 0 Å². The highest BCUT2D eigenvalue weighted by molar-refractivity contribution is 6.21. The van der Waals surface area contributed by atoms with Gasteiger partial charge in [0.2, 0.25) is 0 Å². The van der Waals surface area contributed by atoms with Crippen LogP contribution in [0.25, 0.3) is 0 Å². The third-order valence-corrected chi connectivity index (χ3v) is 2.87. The third kappa shape index (κ3) is 1.42. The van der Waals surface area contributed by atoms with Crippen LogP contribution in [0.5, 0.6) is 0 Å². The average molecular weight is 219 g/mol. The Hall–Kier alpha value is -1.68. The monoisotopic (exact) mass is 219 g/mol. The van der Waals surface area contributed by atoms with E-state index < -0.39 is 6.04 Å². The van der Waals surface area contributed by atoms with Gasteiger partial charge in [-0.05, 0) is 18.6 Å². The van der Waals surface area contributed by atoms with Crippen LogP contribution in [0, 0.1) is 0 Å². The Labute approximate surface area is 93.5 Å². The molecular weight excluding hydrogens is 206 g/mol. The molecule has 1 unspecified atom stereocenters. The number of amides is 2. The summed E-state index contributed by atoms with van der Waals surface area (Å²) in [7, 11) is 0. The van der Waals surface area contributed by atoms with Crippen molar-refractivity contribution in [2.45, 2.75) is 19.4 Å². The molecule has 1 N–H and O–H groups in total. The second-order valence-corrected chi connectivity index (χ2v) is 3.77. The van der Waals surface area contributed by atoms with Gasteiger partial charge in [0.1, 0.15) is 0 Å². The standard InChI is InChI=1S/C12H13NO3/c1-2-8(7-14)13-11(15)9-5-3-4-6-10(9)12(13)16/h3-6,8,14H,2,7H2,1H3. The Bertz CT molecular complexity index is 403. The molecule has 2 rings (SSSR count).